The predicted octanol–water partition coefficient (Wildman–Crippen LogP) is 3.00. The Morgan fingerprint density at radius 3 is 2.65 bits per heavy atom. The highest BCUT2D eigenvalue weighted by Crippen LogP contribution is 2.39. The highest BCUT2D eigenvalue weighted by atomic mass is 35.5. The van der Waals surface area contributed by atoms with Crippen LogP contribution in [0.4, 0.5) is 0 Å². The molecular formula is C22H26ClN5O5S. The number of fused-ring (bicyclic) bond motifs is 1. The normalized spacial score (nSPS) is 23.7. The van der Waals surface area contributed by atoms with Crippen molar-refractivity contribution in [3.63, 3.8) is 0 Å². The first-order valence-electron chi connectivity index (χ1n) is 10.6. The van der Waals surface area contributed by atoms with Crippen LogP contribution in [0.1, 0.15) is 32.6 Å². The quantitative estimate of drug-likeness (QED) is 0.218. The van der Waals surface area contributed by atoms with E-state index in [9.17, 15) is 13.5 Å². The average Bonchev–Trinajstić information content (AvgIpc) is 3.30. The van der Waals surface area contributed by atoms with Gasteiger partial charge in [0.05, 0.1) is 16.5 Å². The number of ether oxygens (including phenoxy) is 2. The van der Waals surface area contributed by atoms with Crippen molar-refractivity contribution in [1.29, 1.82) is 0 Å². The molecule has 0 amide bonds. The van der Waals surface area contributed by atoms with Crippen LogP contribution in [0, 0.1) is 12.8 Å². The number of nitrogens with zero attached hydrogens (tertiary/aromatic N) is 4. The van der Waals surface area contributed by atoms with E-state index in [1.807, 2.05) is 13.8 Å². The van der Waals surface area contributed by atoms with Crippen LogP contribution in [0.2, 0.25) is 5.15 Å². The lowest BCUT2D eigenvalue weighted by molar-refractivity contribution is -0.227. The van der Waals surface area contributed by atoms with Crippen molar-refractivity contribution < 1.29 is 23.0 Å². The number of nitrogens with one attached hydrogen (secondary N) is 1. The molecule has 0 saturated carbocycles. The molecule has 3 heterocycles. The fraction of sp³-hybridized carbons (Fsp3) is 0.409. The maximum absolute atomic E-state index is 12.5. The summed E-state index contributed by atoms with van der Waals surface area (Å²) in [7, 11) is -3.83. The Kier molecular flexibility index (Phi) is 6.67. The molecule has 0 spiro atoms. The number of hydrazone groups is 1. The van der Waals surface area contributed by atoms with Gasteiger partial charge in [-0.05, 0) is 39.0 Å². The molecule has 1 saturated heterocycles. The molecule has 182 valence electrons. The number of aryl methyl sites for hydroxylation is 1. The van der Waals surface area contributed by atoms with Gasteiger partial charge in [-0.25, -0.2) is 14.8 Å². The molecule has 1 aliphatic heterocycles. The number of halogens is 1. The molecule has 2 N–H and O–H groups in total. The van der Waals surface area contributed by atoms with Crippen molar-refractivity contribution in [1.82, 2.24) is 19.4 Å². The lowest BCUT2D eigenvalue weighted by Crippen LogP contribution is -2.37. The molecule has 0 radical (unpaired) electrons. The molecule has 10 nitrogen and oxygen atoms in total. The molecule has 1 aromatic carbocycles. The molecule has 0 unspecified atom stereocenters. The predicted molar refractivity (Wildman–Crippen MR) is 127 cm³/mol. The van der Waals surface area contributed by atoms with Crippen molar-refractivity contribution in [2.45, 2.75) is 56.8 Å². The van der Waals surface area contributed by atoms with Crippen LogP contribution >= 0.6 is 11.6 Å². The Morgan fingerprint density at radius 2 is 1.97 bits per heavy atom. The standard InChI is InChI=1S/C22H26ClN5O5S/c1-13-5-7-15(8-6-13)34(30,31)27-26-11-17-14(2)18(33-22(3,4)29)21(32-17)28-10-9-16-19(23)24-12-25-20(16)28/h5-12,14,17-18,21,27,29H,1-4H3/b26-11+/t14-,17-,18-,21-/m1/s1. The van der Waals surface area contributed by atoms with Crippen LogP contribution in [0.15, 0.2) is 52.9 Å². The third kappa shape index (κ3) is 5.08. The Bertz CT molecular complexity index is 1300. The number of sulfonamides is 1. The topological polar surface area (TPSA) is 128 Å². The Morgan fingerprint density at radius 1 is 1.26 bits per heavy atom. The van der Waals surface area contributed by atoms with Crippen molar-refractivity contribution in [3.8, 4) is 0 Å². The smallest absolute Gasteiger partial charge is 0.276 e. The minimum absolute atomic E-state index is 0.104. The van der Waals surface area contributed by atoms with Crippen molar-refractivity contribution >= 4 is 38.9 Å². The Hall–Kier alpha value is -2.57. The molecule has 0 bridgehead atoms. The summed E-state index contributed by atoms with van der Waals surface area (Å²) in [5, 5.41) is 15.2. The third-order valence-corrected chi connectivity index (χ3v) is 7.04. The summed E-state index contributed by atoms with van der Waals surface area (Å²) in [6.07, 6.45) is 2.58. The van der Waals surface area contributed by atoms with Crippen molar-refractivity contribution in [3.05, 3.63) is 53.6 Å². The summed E-state index contributed by atoms with van der Waals surface area (Å²) in [4.78, 5) is 10.6. The molecule has 0 aliphatic carbocycles. The summed E-state index contributed by atoms with van der Waals surface area (Å²) in [6, 6.07) is 8.20. The second-order valence-electron chi connectivity index (χ2n) is 8.69. The molecule has 3 aromatic rings. The first-order chi connectivity index (χ1) is 16.0. The monoisotopic (exact) mass is 507 g/mol. The van der Waals surface area contributed by atoms with Gasteiger partial charge in [0.1, 0.15) is 29.3 Å². The largest absolute Gasteiger partial charge is 0.366 e. The molecule has 1 aliphatic rings. The second kappa shape index (κ2) is 9.23. The minimum atomic E-state index is -3.83. The van der Waals surface area contributed by atoms with Gasteiger partial charge < -0.3 is 19.1 Å². The first kappa shape index (κ1) is 24.6. The lowest BCUT2D eigenvalue weighted by Gasteiger charge is -2.29. The van der Waals surface area contributed by atoms with Gasteiger partial charge in [-0.3, -0.25) is 0 Å². The van der Waals surface area contributed by atoms with E-state index in [2.05, 4.69) is 19.9 Å². The zero-order valence-electron chi connectivity index (χ0n) is 19.1. The maximum atomic E-state index is 12.5. The second-order valence-corrected chi connectivity index (χ2v) is 10.7. The highest BCUT2D eigenvalue weighted by molar-refractivity contribution is 7.89. The summed E-state index contributed by atoms with van der Waals surface area (Å²) < 4.78 is 38.9. The molecule has 4 rings (SSSR count). The molecule has 12 heteroatoms. The molecule has 1 fully saturated rings. The van der Waals surface area contributed by atoms with Gasteiger partial charge in [-0.2, -0.15) is 13.5 Å². The van der Waals surface area contributed by atoms with E-state index in [1.54, 1.807) is 29.0 Å². The minimum Gasteiger partial charge on any atom is -0.366 e. The van der Waals surface area contributed by atoms with Gasteiger partial charge in [-0.1, -0.05) is 36.2 Å². The molecule has 4 atom stereocenters. The molecule has 34 heavy (non-hydrogen) atoms. The summed E-state index contributed by atoms with van der Waals surface area (Å²) in [6.45, 7) is 6.80. The van der Waals surface area contributed by atoms with Crippen molar-refractivity contribution in [2.75, 3.05) is 0 Å². The van der Waals surface area contributed by atoms with Crippen LogP contribution < -0.4 is 4.83 Å². The van der Waals surface area contributed by atoms with Gasteiger partial charge in [0, 0.05) is 12.1 Å². The van der Waals surface area contributed by atoms with Crippen LogP contribution in [0.5, 0.6) is 0 Å². The van der Waals surface area contributed by atoms with Gasteiger partial charge in [-0.15, -0.1) is 0 Å². The zero-order valence-corrected chi connectivity index (χ0v) is 20.7. The van der Waals surface area contributed by atoms with Gasteiger partial charge in [0.15, 0.2) is 12.0 Å². The van der Waals surface area contributed by atoms with Gasteiger partial charge in [0.25, 0.3) is 10.0 Å². The molecule has 2 aromatic heterocycles. The van der Waals surface area contributed by atoms with Crippen LogP contribution in [0.25, 0.3) is 11.0 Å². The fourth-order valence-electron chi connectivity index (χ4n) is 3.79. The fourth-order valence-corrected chi connectivity index (χ4v) is 4.78. The van der Waals surface area contributed by atoms with E-state index in [4.69, 9.17) is 21.1 Å². The van der Waals surface area contributed by atoms with E-state index in [-0.39, 0.29) is 10.8 Å². The Labute approximate surface area is 202 Å². The number of aliphatic hydroxyl groups is 1. The van der Waals surface area contributed by atoms with E-state index in [1.165, 1.54) is 38.5 Å². The van der Waals surface area contributed by atoms with Crippen LogP contribution in [-0.2, 0) is 19.5 Å². The zero-order chi connectivity index (χ0) is 24.7. The lowest BCUT2D eigenvalue weighted by atomic mass is 10.0. The number of hydrogen-bond donors (Lipinski definition) is 2. The van der Waals surface area contributed by atoms with Gasteiger partial charge >= 0.3 is 0 Å². The number of benzene rings is 1. The molecular weight excluding hydrogens is 482 g/mol. The van der Waals surface area contributed by atoms with Crippen molar-refractivity contribution in [2.24, 2.45) is 11.0 Å². The Balaban J connectivity index is 1.59. The van der Waals surface area contributed by atoms with Crippen LogP contribution in [0.3, 0.4) is 0 Å². The third-order valence-electron chi connectivity index (χ3n) is 5.50. The summed E-state index contributed by atoms with van der Waals surface area (Å²) in [5.41, 5.74) is 1.49. The summed E-state index contributed by atoms with van der Waals surface area (Å²) >= 11 is 6.18. The van der Waals surface area contributed by atoms with Gasteiger partial charge in [0.2, 0.25) is 0 Å². The van der Waals surface area contributed by atoms with E-state index < -0.39 is 34.2 Å². The first-order valence-corrected chi connectivity index (χ1v) is 12.5. The SMILES string of the molecule is Cc1ccc(S(=O)(=O)N/N=C/[C@H]2O[C@@H](n3ccc4c(Cl)ncnc43)[C@H](OC(C)(C)O)[C@@H]2C)cc1. The van der Waals surface area contributed by atoms with E-state index >= 15 is 0 Å². The number of hydrogen-bond acceptors (Lipinski definition) is 8. The van der Waals surface area contributed by atoms with E-state index in [0.29, 0.717) is 16.2 Å². The maximum Gasteiger partial charge on any atom is 0.276 e. The van der Waals surface area contributed by atoms with Crippen LogP contribution in [-0.4, -0.2) is 52.3 Å². The summed E-state index contributed by atoms with van der Waals surface area (Å²) in [5.74, 6) is -1.73. The highest BCUT2D eigenvalue weighted by Gasteiger charge is 2.45. The average molecular weight is 508 g/mol. The number of rotatable bonds is 7. The van der Waals surface area contributed by atoms with E-state index in [0.717, 1.165) is 5.56 Å². The number of aromatic nitrogens is 3.